The van der Waals surface area contributed by atoms with Crippen molar-refractivity contribution in [2.24, 2.45) is 0 Å². The highest BCUT2D eigenvalue weighted by molar-refractivity contribution is 7.12. The fraction of sp³-hybridized carbons (Fsp3) is 0.375. The number of aliphatic hydroxyl groups excluding tert-OH is 1. The number of phenols is 1. The average molecular weight is 776 g/mol. The van der Waals surface area contributed by atoms with Crippen LogP contribution in [0.25, 0.3) is 10.9 Å². The van der Waals surface area contributed by atoms with E-state index in [1.807, 2.05) is 31.3 Å². The Morgan fingerprint density at radius 3 is 2.33 bits per heavy atom. The Morgan fingerprint density at radius 1 is 1.02 bits per heavy atom. The number of aliphatic hydroxyl groups is 2. The van der Waals surface area contributed by atoms with Crippen molar-refractivity contribution < 1.29 is 39.5 Å². The molecule has 0 unspecified atom stereocenters. The van der Waals surface area contributed by atoms with Gasteiger partial charge in [-0.1, -0.05) is 30.3 Å². The van der Waals surface area contributed by atoms with Crippen LogP contribution in [0.4, 0.5) is 0 Å². The number of esters is 1. The summed E-state index contributed by atoms with van der Waals surface area (Å²) in [6.07, 6.45) is 2.03. The Labute approximate surface area is 320 Å². The molecule has 3 aromatic heterocycles. The number of hydrogen-bond acceptors (Lipinski definition) is 12. The molecule has 54 heavy (non-hydrogen) atoms. The lowest BCUT2D eigenvalue weighted by Crippen LogP contribution is -2.52. The lowest BCUT2D eigenvalue weighted by atomic mass is 9.81. The molecule has 1 fully saturated rings. The Kier molecular flexibility index (Phi) is 12.5. The summed E-state index contributed by atoms with van der Waals surface area (Å²) in [6, 6.07) is 20.8. The van der Waals surface area contributed by atoms with Crippen LogP contribution in [0.5, 0.6) is 11.5 Å². The van der Waals surface area contributed by atoms with Crippen molar-refractivity contribution >= 4 is 45.5 Å². The van der Waals surface area contributed by atoms with Gasteiger partial charge in [0, 0.05) is 30.6 Å². The minimum Gasteiger partial charge on any atom is -0.506 e. The molecule has 5 aromatic rings. The van der Waals surface area contributed by atoms with Crippen LogP contribution in [-0.2, 0) is 26.3 Å². The standard InChI is InChI=1S/C40H45N3O9S2/c1-43(27-15-18-39(19-16-27,37(47)48)52-38(49)40(50,33-5-2-23-53-33)34-6-3-24-54-34)21-4-22-51-28-9-7-26(8-10-28)17-20-41-25-32(45)29-11-13-31(44)36-30(29)12-14-35(46)42-36/h2-3,5-14,23-24,27,32,41,44-45,50H,4,15-22,25H2,1H3,(H,42,46)(H,47,48)/t27?,32-,39?/m1/s1. The number of thiophene rings is 2. The molecule has 3 heterocycles. The van der Waals surface area contributed by atoms with Crippen molar-refractivity contribution in [2.45, 2.75) is 61.9 Å². The summed E-state index contributed by atoms with van der Waals surface area (Å²) in [6.45, 7) is 2.20. The lowest BCUT2D eigenvalue weighted by Gasteiger charge is -2.40. The summed E-state index contributed by atoms with van der Waals surface area (Å²) in [4.78, 5) is 43.4. The second kappa shape index (κ2) is 17.3. The topological polar surface area (TPSA) is 182 Å². The summed E-state index contributed by atoms with van der Waals surface area (Å²) in [5, 5.41) is 50.1. The van der Waals surface area contributed by atoms with Gasteiger partial charge >= 0.3 is 11.9 Å². The summed E-state index contributed by atoms with van der Waals surface area (Å²) < 4.78 is 11.8. The van der Waals surface area contributed by atoms with Crippen LogP contribution in [0.15, 0.2) is 88.4 Å². The molecular weight excluding hydrogens is 731 g/mol. The normalized spacial score (nSPS) is 18.1. The third-order valence-electron chi connectivity index (χ3n) is 10.2. The number of carboxylic acids is 1. The molecule has 6 N–H and O–H groups in total. The largest absolute Gasteiger partial charge is 0.506 e. The fourth-order valence-corrected chi connectivity index (χ4v) is 8.70. The van der Waals surface area contributed by atoms with E-state index in [0.29, 0.717) is 58.8 Å². The van der Waals surface area contributed by atoms with Crippen LogP contribution in [0.2, 0.25) is 0 Å². The Morgan fingerprint density at radius 2 is 1.70 bits per heavy atom. The number of fused-ring (bicyclic) bond motifs is 1. The van der Waals surface area contributed by atoms with Gasteiger partial charge in [-0.05, 0) is 110 Å². The van der Waals surface area contributed by atoms with Gasteiger partial charge in [-0.15, -0.1) is 22.7 Å². The van der Waals surface area contributed by atoms with E-state index < -0.39 is 29.2 Å². The van der Waals surface area contributed by atoms with Crippen LogP contribution >= 0.6 is 22.7 Å². The van der Waals surface area contributed by atoms with Gasteiger partial charge in [0.15, 0.2) is 0 Å². The van der Waals surface area contributed by atoms with Gasteiger partial charge in [-0.25, -0.2) is 9.59 Å². The molecule has 286 valence electrons. The molecule has 2 aromatic carbocycles. The second-order valence-corrected chi connectivity index (χ2v) is 15.6. The summed E-state index contributed by atoms with van der Waals surface area (Å²) in [5.74, 6) is -1.46. The van der Waals surface area contributed by atoms with Crippen molar-refractivity contribution in [2.75, 3.05) is 33.3 Å². The molecule has 0 saturated heterocycles. The number of aromatic amines is 1. The van der Waals surface area contributed by atoms with E-state index in [9.17, 15) is 34.8 Å². The summed E-state index contributed by atoms with van der Waals surface area (Å²) in [5.41, 5.74) is -2.08. The number of benzene rings is 2. The van der Waals surface area contributed by atoms with Gasteiger partial charge in [0.1, 0.15) is 11.5 Å². The molecule has 0 bridgehead atoms. The predicted octanol–water partition coefficient (Wildman–Crippen LogP) is 5.17. The highest BCUT2D eigenvalue weighted by Gasteiger charge is 2.52. The zero-order chi connectivity index (χ0) is 38.3. The first kappa shape index (κ1) is 39.1. The number of nitrogens with one attached hydrogen (secondary N) is 2. The molecule has 1 saturated carbocycles. The number of H-pyrrole nitrogens is 1. The number of aromatic hydroxyl groups is 1. The quantitative estimate of drug-likeness (QED) is 0.0542. The summed E-state index contributed by atoms with van der Waals surface area (Å²) in [7, 11) is 2.01. The number of aromatic nitrogens is 1. The molecule has 1 aliphatic rings. The Balaban J connectivity index is 0.910. The molecule has 6 rings (SSSR count). The molecule has 12 nitrogen and oxygen atoms in total. The third-order valence-corrected chi connectivity index (χ3v) is 12.1. The van der Waals surface area contributed by atoms with Gasteiger partial charge in [0.2, 0.25) is 16.8 Å². The number of ether oxygens (including phenoxy) is 2. The van der Waals surface area contributed by atoms with E-state index in [4.69, 9.17) is 9.47 Å². The maximum Gasteiger partial charge on any atom is 0.350 e. The Hall–Kier alpha value is -4.57. The maximum absolute atomic E-state index is 13.6. The predicted molar refractivity (Wildman–Crippen MR) is 207 cm³/mol. The highest BCUT2D eigenvalue weighted by atomic mass is 32.1. The van der Waals surface area contributed by atoms with E-state index >= 15 is 0 Å². The SMILES string of the molecule is CN(CCCOc1ccc(CCNC[C@@H](O)c2ccc(O)c3[nH]c(=O)ccc23)cc1)C1CCC(OC(=O)C(O)(c2cccs2)c2cccs2)(C(=O)O)CC1. The van der Waals surface area contributed by atoms with Gasteiger partial charge < -0.3 is 45.1 Å². The number of carboxylic acid groups (broad SMARTS) is 1. The van der Waals surface area contributed by atoms with Gasteiger partial charge in [0.25, 0.3) is 0 Å². The smallest absolute Gasteiger partial charge is 0.350 e. The molecule has 1 aliphatic carbocycles. The zero-order valence-electron chi connectivity index (χ0n) is 29.9. The monoisotopic (exact) mass is 775 g/mol. The first-order valence-corrected chi connectivity index (χ1v) is 19.7. The minimum atomic E-state index is -2.07. The highest BCUT2D eigenvalue weighted by Crippen LogP contribution is 2.41. The molecule has 1 atom stereocenters. The molecule has 0 spiro atoms. The van der Waals surface area contributed by atoms with Gasteiger partial charge in [-0.2, -0.15) is 0 Å². The number of hydrogen-bond donors (Lipinski definition) is 6. The number of carbonyl (C=O) groups is 2. The van der Waals surface area contributed by atoms with E-state index in [1.54, 1.807) is 47.2 Å². The van der Waals surface area contributed by atoms with E-state index in [2.05, 4.69) is 15.2 Å². The lowest BCUT2D eigenvalue weighted by molar-refractivity contribution is -0.195. The van der Waals surface area contributed by atoms with Gasteiger partial charge in [0.05, 0.1) is 28.0 Å². The molecule has 0 amide bonds. The minimum absolute atomic E-state index is 0.0456. The van der Waals surface area contributed by atoms with Crippen molar-refractivity contribution in [1.29, 1.82) is 0 Å². The third kappa shape index (κ3) is 8.70. The second-order valence-electron chi connectivity index (χ2n) is 13.7. The fourth-order valence-electron chi connectivity index (χ4n) is 6.98. The first-order chi connectivity index (χ1) is 26.0. The summed E-state index contributed by atoms with van der Waals surface area (Å²) >= 11 is 2.43. The van der Waals surface area contributed by atoms with Crippen LogP contribution in [0.3, 0.4) is 0 Å². The number of phenolic OH excluding ortho intramolecular Hbond substituents is 1. The molecule has 0 radical (unpaired) electrons. The number of nitrogens with zero attached hydrogens (tertiary/aromatic N) is 1. The maximum atomic E-state index is 13.6. The van der Waals surface area contributed by atoms with E-state index in [1.165, 1.54) is 34.8 Å². The van der Waals surface area contributed by atoms with Crippen molar-refractivity contribution in [1.82, 2.24) is 15.2 Å². The molecule has 0 aliphatic heterocycles. The van der Waals surface area contributed by atoms with Crippen LogP contribution in [0.1, 0.15) is 59.1 Å². The number of rotatable bonds is 17. The number of carbonyl (C=O) groups excluding carboxylic acids is 1. The van der Waals surface area contributed by atoms with Crippen LogP contribution < -0.4 is 15.6 Å². The average Bonchev–Trinajstić information content (AvgIpc) is 3.92. The van der Waals surface area contributed by atoms with Crippen LogP contribution in [-0.4, -0.2) is 87.2 Å². The molecular formula is C40H45N3O9S2. The van der Waals surface area contributed by atoms with Crippen molar-refractivity contribution in [3.8, 4) is 11.5 Å². The first-order valence-electron chi connectivity index (χ1n) is 17.9. The van der Waals surface area contributed by atoms with Crippen molar-refractivity contribution in [3.63, 3.8) is 0 Å². The zero-order valence-corrected chi connectivity index (χ0v) is 31.5. The van der Waals surface area contributed by atoms with Crippen LogP contribution in [0, 0.1) is 0 Å². The molecule has 14 heteroatoms. The van der Waals surface area contributed by atoms with E-state index in [0.717, 1.165) is 30.7 Å². The Bertz CT molecular complexity index is 2020. The van der Waals surface area contributed by atoms with Gasteiger partial charge in [-0.3, -0.25) is 4.79 Å². The van der Waals surface area contributed by atoms with Crippen molar-refractivity contribution in [3.05, 3.63) is 115 Å². The number of aliphatic carboxylic acids is 1. The number of pyridine rings is 1. The van der Waals surface area contributed by atoms with E-state index in [-0.39, 0.29) is 30.2 Å².